The molecule has 2 aromatic rings. The van der Waals surface area contributed by atoms with Gasteiger partial charge in [-0.3, -0.25) is 9.52 Å². The molecule has 2 rings (SSSR count). The molecule has 7 heteroatoms. The number of benzene rings is 2. The lowest BCUT2D eigenvalue weighted by Crippen LogP contribution is -2.13. The lowest BCUT2D eigenvalue weighted by Gasteiger charge is -2.08. The second-order valence-electron chi connectivity index (χ2n) is 5.28. The average Bonchev–Trinajstić information content (AvgIpc) is 2.50. The van der Waals surface area contributed by atoms with Crippen LogP contribution >= 0.6 is 0 Å². The molecule has 0 bridgehead atoms. The summed E-state index contributed by atoms with van der Waals surface area (Å²) in [5, 5.41) is 2.70. The number of anilines is 2. The number of carbonyl (C=O) groups is 1. The molecule has 0 aliphatic heterocycles. The number of hydrogen-bond acceptors (Lipinski definition) is 3. The summed E-state index contributed by atoms with van der Waals surface area (Å²) in [6.07, 6.45) is 2.71. The maximum atomic E-state index is 12.9. The van der Waals surface area contributed by atoms with E-state index in [1.54, 1.807) is 49.4 Å². The van der Waals surface area contributed by atoms with Crippen LogP contribution < -0.4 is 10.0 Å². The first-order valence-electron chi connectivity index (χ1n) is 7.06. The highest BCUT2D eigenvalue weighted by molar-refractivity contribution is 7.92. The number of carbonyl (C=O) groups excluding carboxylic acids is 1. The van der Waals surface area contributed by atoms with Crippen molar-refractivity contribution in [1.29, 1.82) is 0 Å². The minimum atomic E-state index is -3.34. The molecule has 0 fully saturated rings. The van der Waals surface area contributed by atoms with Crippen LogP contribution in [-0.2, 0) is 14.8 Å². The molecule has 0 aliphatic carbocycles. The maximum absolute atomic E-state index is 12.9. The molecule has 0 atom stereocenters. The summed E-state index contributed by atoms with van der Waals surface area (Å²) in [7, 11) is -3.34. The van der Waals surface area contributed by atoms with Crippen LogP contribution in [0.25, 0.3) is 6.08 Å². The van der Waals surface area contributed by atoms with Crippen LogP contribution in [-0.4, -0.2) is 20.6 Å². The fourth-order valence-electron chi connectivity index (χ4n) is 1.94. The van der Waals surface area contributed by atoms with Gasteiger partial charge in [0.15, 0.2) is 0 Å². The zero-order chi connectivity index (χ0) is 17.7. The Kier molecular flexibility index (Phi) is 5.35. The van der Waals surface area contributed by atoms with Gasteiger partial charge in [0.05, 0.1) is 6.26 Å². The van der Waals surface area contributed by atoms with Crippen LogP contribution in [0.1, 0.15) is 12.5 Å². The van der Waals surface area contributed by atoms with Gasteiger partial charge in [-0.1, -0.05) is 12.1 Å². The normalized spacial score (nSPS) is 11.9. The van der Waals surface area contributed by atoms with Gasteiger partial charge < -0.3 is 5.32 Å². The van der Waals surface area contributed by atoms with Crippen molar-refractivity contribution in [3.63, 3.8) is 0 Å². The zero-order valence-electron chi connectivity index (χ0n) is 13.2. The van der Waals surface area contributed by atoms with Gasteiger partial charge >= 0.3 is 0 Å². The third-order valence-electron chi connectivity index (χ3n) is 3.06. The molecule has 1 amide bonds. The maximum Gasteiger partial charge on any atom is 0.251 e. The van der Waals surface area contributed by atoms with E-state index in [2.05, 4.69) is 10.0 Å². The Labute approximate surface area is 140 Å². The molecule has 0 radical (unpaired) electrons. The van der Waals surface area contributed by atoms with Gasteiger partial charge in [-0.25, -0.2) is 12.8 Å². The van der Waals surface area contributed by atoms with Crippen molar-refractivity contribution < 1.29 is 17.6 Å². The van der Waals surface area contributed by atoms with Gasteiger partial charge in [0, 0.05) is 16.9 Å². The smallest absolute Gasteiger partial charge is 0.251 e. The number of halogens is 1. The number of amides is 1. The van der Waals surface area contributed by atoms with E-state index in [4.69, 9.17) is 0 Å². The highest BCUT2D eigenvalue weighted by Gasteiger charge is 2.06. The largest absolute Gasteiger partial charge is 0.322 e. The first kappa shape index (κ1) is 17.7. The second-order valence-corrected chi connectivity index (χ2v) is 7.03. The Morgan fingerprint density at radius 2 is 1.54 bits per heavy atom. The summed E-state index contributed by atoms with van der Waals surface area (Å²) in [4.78, 5) is 12.1. The molecule has 24 heavy (non-hydrogen) atoms. The Hall–Kier alpha value is -2.67. The van der Waals surface area contributed by atoms with Crippen molar-refractivity contribution in [2.75, 3.05) is 16.3 Å². The molecule has 0 aromatic heterocycles. The first-order valence-corrected chi connectivity index (χ1v) is 8.95. The van der Waals surface area contributed by atoms with Gasteiger partial charge in [0.1, 0.15) is 5.82 Å². The molecule has 0 saturated carbocycles. The van der Waals surface area contributed by atoms with Crippen molar-refractivity contribution in [3.05, 3.63) is 65.5 Å². The Morgan fingerprint density at radius 3 is 2.08 bits per heavy atom. The molecule has 0 spiro atoms. The summed E-state index contributed by atoms with van der Waals surface area (Å²) >= 11 is 0. The molecule has 0 unspecified atom stereocenters. The van der Waals surface area contributed by atoms with Crippen LogP contribution in [0.3, 0.4) is 0 Å². The SMILES string of the molecule is C/C(=C\c1ccc(F)cc1)C(=O)Nc1ccc(NS(C)(=O)=O)cc1. The van der Waals surface area contributed by atoms with Crippen LogP contribution in [0.4, 0.5) is 15.8 Å². The monoisotopic (exact) mass is 348 g/mol. The first-order chi connectivity index (χ1) is 11.2. The van der Waals surface area contributed by atoms with Gasteiger partial charge in [0.25, 0.3) is 5.91 Å². The molecular weight excluding hydrogens is 331 g/mol. The standard InChI is InChI=1S/C17H17FN2O3S/c1-12(11-13-3-5-14(18)6-4-13)17(21)19-15-7-9-16(10-8-15)20-24(2,22)23/h3-11,20H,1-2H3,(H,19,21)/b12-11+. The third-order valence-corrected chi connectivity index (χ3v) is 3.66. The quantitative estimate of drug-likeness (QED) is 0.815. The predicted octanol–water partition coefficient (Wildman–Crippen LogP) is 3.24. The number of sulfonamides is 1. The highest BCUT2D eigenvalue weighted by Crippen LogP contribution is 2.16. The molecule has 5 nitrogen and oxygen atoms in total. The lowest BCUT2D eigenvalue weighted by atomic mass is 10.1. The average molecular weight is 348 g/mol. The van der Waals surface area contributed by atoms with Crippen molar-refractivity contribution in [2.45, 2.75) is 6.92 Å². The Morgan fingerprint density at radius 1 is 1.00 bits per heavy atom. The Balaban J connectivity index is 2.04. The van der Waals surface area contributed by atoms with E-state index in [-0.39, 0.29) is 11.7 Å². The van der Waals surface area contributed by atoms with Crippen LogP contribution in [0, 0.1) is 5.82 Å². The molecule has 0 aliphatic rings. The number of hydrogen-bond donors (Lipinski definition) is 2. The zero-order valence-corrected chi connectivity index (χ0v) is 14.0. The predicted molar refractivity (Wildman–Crippen MR) is 93.6 cm³/mol. The number of nitrogens with one attached hydrogen (secondary N) is 2. The van der Waals surface area contributed by atoms with Crippen molar-refractivity contribution >= 4 is 33.4 Å². The van der Waals surface area contributed by atoms with E-state index >= 15 is 0 Å². The summed E-state index contributed by atoms with van der Waals surface area (Å²) in [5.41, 5.74) is 2.12. The second kappa shape index (κ2) is 7.27. The third kappa shape index (κ3) is 5.51. The van der Waals surface area contributed by atoms with Crippen molar-refractivity contribution in [3.8, 4) is 0 Å². The van der Waals surface area contributed by atoms with E-state index < -0.39 is 10.0 Å². The van der Waals surface area contributed by atoms with E-state index in [9.17, 15) is 17.6 Å². The summed E-state index contributed by atoms with van der Waals surface area (Å²) in [6, 6.07) is 12.1. The van der Waals surface area contributed by atoms with Gasteiger partial charge in [-0.15, -0.1) is 0 Å². The van der Waals surface area contributed by atoms with E-state index in [0.29, 0.717) is 16.9 Å². The van der Waals surface area contributed by atoms with E-state index in [1.807, 2.05) is 0 Å². The molecule has 126 valence electrons. The minimum Gasteiger partial charge on any atom is -0.322 e. The van der Waals surface area contributed by atoms with Crippen LogP contribution in [0.2, 0.25) is 0 Å². The molecule has 0 heterocycles. The number of rotatable bonds is 5. The Bertz CT molecular complexity index is 858. The van der Waals surface area contributed by atoms with Gasteiger partial charge in [0.2, 0.25) is 10.0 Å². The van der Waals surface area contributed by atoms with Crippen LogP contribution in [0.5, 0.6) is 0 Å². The highest BCUT2D eigenvalue weighted by atomic mass is 32.2. The van der Waals surface area contributed by atoms with Crippen molar-refractivity contribution in [1.82, 2.24) is 0 Å². The van der Waals surface area contributed by atoms with E-state index in [0.717, 1.165) is 11.8 Å². The summed E-state index contributed by atoms with van der Waals surface area (Å²) in [6.45, 7) is 1.65. The lowest BCUT2D eigenvalue weighted by molar-refractivity contribution is -0.112. The topological polar surface area (TPSA) is 75.3 Å². The van der Waals surface area contributed by atoms with E-state index in [1.165, 1.54) is 12.1 Å². The van der Waals surface area contributed by atoms with Crippen LogP contribution in [0.15, 0.2) is 54.1 Å². The minimum absolute atomic E-state index is 0.303. The molecular formula is C17H17FN2O3S. The van der Waals surface area contributed by atoms with Crippen molar-refractivity contribution in [2.24, 2.45) is 0 Å². The van der Waals surface area contributed by atoms with Gasteiger partial charge in [-0.2, -0.15) is 0 Å². The fraction of sp³-hybridized carbons (Fsp3) is 0.118. The fourth-order valence-corrected chi connectivity index (χ4v) is 2.50. The summed E-state index contributed by atoms with van der Waals surface area (Å²) in [5.74, 6) is -0.639. The molecule has 2 aromatic carbocycles. The summed E-state index contributed by atoms with van der Waals surface area (Å²) < 4.78 is 37.5. The molecule has 2 N–H and O–H groups in total. The molecule has 0 saturated heterocycles. The van der Waals surface area contributed by atoms with Gasteiger partial charge in [-0.05, 0) is 55.0 Å².